The van der Waals surface area contributed by atoms with Crippen LogP contribution in [0, 0.1) is 6.92 Å². The van der Waals surface area contributed by atoms with Gasteiger partial charge in [-0.15, -0.1) is 0 Å². The molecule has 0 unspecified atom stereocenters. The van der Waals surface area contributed by atoms with E-state index in [9.17, 15) is 18.4 Å². The molecule has 0 bridgehead atoms. The lowest BCUT2D eigenvalue weighted by atomic mass is 10.2. The fraction of sp³-hybridized carbons (Fsp3) is 0.304. The van der Waals surface area contributed by atoms with Gasteiger partial charge < -0.3 is 19.9 Å². The summed E-state index contributed by atoms with van der Waals surface area (Å²) in [5.74, 6) is -0.136. The molecule has 11 heteroatoms. The summed E-state index contributed by atoms with van der Waals surface area (Å²) in [6, 6.07) is 9.85. The Balaban J connectivity index is 1.52. The number of likely N-dealkylation sites (N-methyl/N-ethyl adjacent to an activating group) is 1. The maximum absolute atomic E-state index is 12.6. The Morgan fingerprint density at radius 2 is 1.97 bits per heavy atom. The van der Waals surface area contributed by atoms with Gasteiger partial charge in [0.25, 0.3) is 5.91 Å². The molecule has 0 saturated carbocycles. The van der Waals surface area contributed by atoms with Gasteiger partial charge in [-0.3, -0.25) is 14.6 Å². The first kappa shape index (κ1) is 25.0. The predicted octanol–water partition coefficient (Wildman–Crippen LogP) is 3.47. The lowest BCUT2D eigenvalue weighted by Crippen LogP contribution is -2.32. The van der Waals surface area contributed by atoms with Crippen LogP contribution in [0.15, 0.2) is 48.8 Å². The third-order valence-electron chi connectivity index (χ3n) is 4.90. The number of thiazole rings is 1. The summed E-state index contributed by atoms with van der Waals surface area (Å²) in [4.78, 5) is 36.6. The van der Waals surface area contributed by atoms with Gasteiger partial charge >= 0.3 is 6.61 Å². The maximum atomic E-state index is 12.6. The van der Waals surface area contributed by atoms with Crippen LogP contribution < -0.4 is 15.0 Å². The Labute approximate surface area is 200 Å². The number of rotatable bonds is 12. The first-order valence-corrected chi connectivity index (χ1v) is 11.3. The smallest absolute Gasteiger partial charge is 0.387 e. The summed E-state index contributed by atoms with van der Waals surface area (Å²) < 4.78 is 28.9. The van der Waals surface area contributed by atoms with Crippen LogP contribution in [0.1, 0.15) is 26.5 Å². The average Bonchev–Trinajstić information content (AvgIpc) is 3.23. The second kappa shape index (κ2) is 12.0. The molecule has 8 nitrogen and oxygen atoms in total. The number of ether oxygens (including phenoxy) is 1. The Bertz CT molecular complexity index is 1080. The van der Waals surface area contributed by atoms with E-state index in [1.54, 1.807) is 36.4 Å². The fourth-order valence-corrected chi connectivity index (χ4v) is 4.05. The summed E-state index contributed by atoms with van der Waals surface area (Å²) >= 11 is 1.29. The van der Waals surface area contributed by atoms with Crippen LogP contribution in [-0.4, -0.2) is 53.9 Å². The predicted molar refractivity (Wildman–Crippen MR) is 125 cm³/mol. The van der Waals surface area contributed by atoms with Gasteiger partial charge in [0.05, 0.1) is 5.69 Å². The van der Waals surface area contributed by atoms with E-state index in [1.807, 2.05) is 24.1 Å². The molecule has 0 atom stereocenters. The minimum absolute atomic E-state index is 0.0653. The van der Waals surface area contributed by atoms with Gasteiger partial charge in [-0.2, -0.15) is 8.78 Å². The number of hydrogen-bond acceptors (Lipinski definition) is 7. The van der Waals surface area contributed by atoms with Crippen LogP contribution >= 0.6 is 11.3 Å². The number of carbonyl (C=O) groups is 2. The zero-order chi connectivity index (χ0) is 24.5. The van der Waals surface area contributed by atoms with Gasteiger partial charge in [-0.25, -0.2) is 4.98 Å². The fourth-order valence-electron chi connectivity index (χ4n) is 3.08. The highest BCUT2D eigenvalue weighted by molar-refractivity contribution is 7.17. The van der Waals surface area contributed by atoms with Crippen molar-refractivity contribution in [3.8, 4) is 5.75 Å². The highest BCUT2D eigenvalue weighted by Crippen LogP contribution is 2.25. The van der Waals surface area contributed by atoms with Gasteiger partial charge in [0.1, 0.15) is 10.6 Å². The molecule has 180 valence electrons. The third kappa shape index (κ3) is 7.20. The number of benzene rings is 1. The Morgan fingerprint density at radius 1 is 1.21 bits per heavy atom. The largest absolute Gasteiger partial charge is 0.435 e. The van der Waals surface area contributed by atoms with E-state index in [0.717, 1.165) is 17.5 Å². The SMILES string of the molecule is Cc1nc(N(C)CCN(C=O)Cc2ccc(OC(F)F)cc2)sc1C(=O)NCc1cccnc1. The van der Waals surface area contributed by atoms with Crippen molar-refractivity contribution in [2.24, 2.45) is 0 Å². The lowest BCUT2D eigenvalue weighted by Gasteiger charge is -2.22. The van der Waals surface area contributed by atoms with Crippen molar-refractivity contribution in [2.75, 3.05) is 25.0 Å². The molecule has 2 amide bonds. The van der Waals surface area contributed by atoms with E-state index in [1.165, 1.54) is 23.5 Å². The van der Waals surface area contributed by atoms with Crippen molar-refractivity contribution in [1.82, 2.24) is 20.2 Å². The molecule has 0 aliphatic heterocycles. The number of hydrogen-bond donors (Lipinski definition) is 1. The standard InChI is InChI=1S/C23H25F2N5O3S/c1-16-20(21(32)27-13-18-4-3-9-26-12-18)34-23(28-16)29(2)10-11-30(15-31)14-17-5-7-19(8-6-17)33-22(24)25/h3-9,12,15,22H,10-11,13-14H2,1-2H3,(H,27,32). The minimum Gasteiger partial charge on any atom is -0.435 e. The van der Waals surface area contributed by atoms with E-state index in [2.05, 4.69) is 20.0 Å². The van der Waals surface area contributed by atoms with E-state index in [0.29, 0.717) is 41.9 Å². The normalized spacial score (nSPS) is 10.7. The first-order chi connectivity index (χ1) is 16.4. The van der Waals surface area contributed by atoms with Crippen molar-refractivity contribution < 1.29 is 23.1 Å². The van der Waals surface area contributed by atoms with Crippen LogP contribution in [0.2, 0.25) is 0 Å². The summed E-state index contributed by atoms with van der Waals surface area (Å²) in [5, 5.41) is 3.55. The van der Waals surface area contributed by atoms with Crippen LogP contribution in [0.25, 0.3) is 0 Å². The zero-order valence-corrected chi connectivity index (χ0v) is 19.6. The third-order valence-corrected chi connectivity index (χ3v) is 6.17. The van der Waals surface area contributed by atoms with Crippen molar-refractivity contribution in [3.63, 3.8) is 0 Å². The molecule has 1 N–H and O–H groups in total. The molecule has 0 radical (unpaired) electrons. The zero-order valence-electron chi connectivity index (χ0n) is 18.8. The molecule has 0 spiro atoms. The number of nitrogens with one attached hydrogen (secondary N) is 1. The van der Waals surface area contributed by atoms with Gasteiger partial charge in [0, 0.05) is 45.6 Å². The summed E-state index contributed by atoms with van der Waals surface area (Å²) in [6.07, 6.45) is 4.11. The number of halogens is 2. The number of anilines is 1. The first-order valence-electron chi connectivity index (χ1n) is 10.4. The molecule has 0 saturated heterocycles. The molecule has 1 aromatic carbocycles. The van der Waals surface area contributed by atoms with Crippen LogP contribution in [-0.2, 0) is 17.9 Å². The second-order valence-electron chi connectivity index (χ2n) is 7.47. The quantitative estimate of drug-likeness (QED) is 0.392. The van der Waals surface area contributed by atoms with E-state index < -0.39 is 6.61 Å². The van der Waals surface area contributed by atoms with Crippen molar-refractivity contribution in [2.45, 2.75) is 26.6 Å². The van der Waals surface area contributed by atoms with E-state index >= 15 is 0 Å². The van der Waals surface area contributed by atoms with Crippen LogP contribution in [0.5, 0.6) is 5.75 Å². The Morgan fingerprint density at radius 3 is 2.62 bits per heavy atom. The second-order valence-corrected chi connectivity index (χ2v) is 8.45. The van der Waals surface area contributed by atoms with E-state index in [-0.39, 0.29) is 11.7 Å². The van der Waals surface area contributed by atoms with Gasteiger partial charge in [-0.1, -0.05) is 29.5 Å². The molecule has 2 heterocycles. The highest BCUT2D eigenvalue weighted by atomic mass is 32.1. The molecule has 0 aliphatic carbocycles. The summed E-state index contributed by atoms with van der Waals surface area (Å²) in [6.45, 7) is 0.511. The number of pyridine rings is 1. The molecule has 3 rings (SSSR count). The van der Waals surface area contributed by atoms with Crippen molar-refractivity contribution in [3.05, 3.63) is 70.5 Å². The monoisotopic (exact) mass is 489 g/mol. The highest BCUT2D eigenvalue weighted by Gasteiger charge is 2.18. The molecule has 0 aliphatic rings. The molecule has 34 heavy (non-hydrogen) atoms. The summed E-state index contributed by atoms with van der Waals surface area (Å²) in [7, 11) is 1.84. The Kier molecular flexibility index (Phi) is 8.86. The van der Waals surface area contributed by atoms with E-state index in [4.69, 9.17) is 0 Å². The molecule has 3 aromatic rings. The summed E-state index contributed by atoms with van der Waals surface area (Å²) in [5.41, 5.74) is 2.32. The molecule has 2 aromatic heterocycles. The number of aromatic nitrogens is 2. The lowest BCUT2D eigenvalue weighted by molar-refractivity contribution is -0.118. The van der Waals surface area contributed by atoms with Crippen molar-refractivity contribution in [1.29, 1.82) is 0 Å². The molecular weight excluding hydrogens is 464 g/mol. The number of carbonyl (C=O) groups excluding carboxylic acids is 2. The molecule has 0 fully saturated rings. The topological polar surface area (TPSA) is 87.7 Å². The van der Waals surface area contributed by atoms with Gasteiger partial charge in [0.15, 0.2) is 5.13 Å². The van der Waals surface area contributed by atoms with Crippen molar-refractivity contribution >= 4 is 28.8 Å². The van der Waals surface area contributed by atoms with Gasteiger partial charge in [0.2, 0.25) is 6.41 Å². The number of aryl methyl sites for hydroxylation is 1. The average molecular weight is 490 g/mol. The number of alkyl halides is 2. The Hall–Kier alpha value is -3.60. The number of nitrogens with zero attached hydrogens (tertiary/aromatic N) is 4. The van der Waals surface area contributed by atoms with Crippen LogP contribution in [0.4, 0.5) is 13.9 Å². The molecular formula is C23H25F2N5O3S. The van der Waals surface area contributed by atoms with Gasteiger partial charge in [-0.05, 0) is 36.2 Å². The minimum atomic E-state index is -2.88. The number of amides is 2. The van der Waals surface area contributed by atoms with Crippen LogP contribution in [0.3, 0.4) is 0 Å². The maximum Gasteiger partial charge on any atom is 0.387 e.